The summed E-state index contributed by atoms with van der Waals surface area (Å²) in [6.45, 7) is 3.57. The van der Waals surface area contributed by atoms with Gasteiger partial charge in [0.25, 0.3) is 5.91 Å². The molecule has 2 aromatic heterocycles. The largest absolute Gasteiger partial charge is 0.338 e. The molecule has 0 unspecified atom stereocenters. The van der Waals surface area contributed by atoms with Gasteiger partial charge in [0.15, 0.2) is 5.82 Å². The van der Waals surface area contributed by atoms with Gasteiger partial charge in [0.2, 0.25) is 11.4 Å². The molecule has 1 N–H and O–H groups in total. The van der Waals surface area contributed by atoms with Crippen molar-refractivity contribution >= 4 is 5.91 Å². The highest BCUT2D eigenvalue weighted by atomic mass is 16.5. The van der Waals surface area contributed by atoms with Gasteiger partial charge in [-0.25, -0.2) is 0 Å². The minimum Gasteiger partial charge on any atom is -0.338 e. The number of hydrogen-bond donors (Lipinski definition) is 1. The Bertz CT molecular complexity index is 854. The normalized spacial score (nSPS) is 21.5. The van der Waals surface area contributed by atoms with Crippen molar-refractivity contribution < 1.29 is 9.32 Å². The molecular formula is C17H21N5O3. The molecule has 2 aromatic rings. The number of rotatable bonds is 3. The number of carbonyl (C=O) groups is 1. The van der Waals surface area contributed by atoms with E-state index in [2.05, 4.69) is 20.0 Å². The summed E-state index contributed by atoms with van der Waals surface area (Å²) in [6, 6.07) is 2.86. The van der Waals surface area contributed by atoms with Gasteiger partial charge in [0.1, 0.15) is 6.04 Å². The Kier molecular flexibility index (Phi) is 3.91. The fourth-order valence-corrected chi connectivity index (χ4v) is 3.19. The van der Waals surface area contributed by atoms with Crippen molar-refractivity contribution in [2.45, 2.75) is 31.7 Å². The lowest BCUT2D eigenvalue weighted by atomic mass is 10.1. The predicted octanol–water partition coefficient (Wildman–Crippen LogP) is 1.07. The van der Waals surface area contributed by atoms with Gasteiger partial charge in [-0.2, -0.15) is 4.98 Å². The van der Waals surface area contributed by atoms with E-state index in [1.54, 1.807) is 17.9 Å². The molecule has 1 amide bonds. The van der Waals surface area contributed by atoms with E-state index in [9.17, 15) is 9.59 Å². The smallest absolute Gasteiger partial charge is 0.255 e. The van der Waals surface area contributed by atoms with Gasteiger partial charge in [0, 0.05) is 37.3 Å². The van der Waals surface area contributed by atoms with Crippen LogP contribution in [0.4, 0.5) is 0 Å². The first-order valence-electron chi connectivity index (χ1n) is 8.56. The number of nitrogens with zero attached hydrogens (tertiary/aromatic N) is 4. The number of pyridine rings is 1. The standard InChI is InChI=1S/C17H21N5O3/c1-10-12(5-6-14(23)18-10)17(24)22-8-7-21(2)13(9-22)16-19-15(20-25-16)11-3-4-11/h5-6,11,13H,3-4,7-9H2,1-2H3,(H,18,23)/t13-/m0/s1. The Morgan fingerprint density at radius 3 is 2.84 bits per heavy atom. The molecule has 1 saturated heterocycles. The third-order valence-electron chi connectivity index (χ3n) is 4.97. The van der Waals surface area contributed by atoms with Crippen molar-refractivity contribution in [3.8, 4) is 0 Å². The van der Waals surface area contributed by atoms with Crippen molar-refractivity contribution in [3.63, 3.8) is 0 Å². The summed E-state index contributed by atoms with van der Waals surface area (Å²) in [5, 5.41) is 4.08. The molecular weight excluding hydrogens is 322 g/mol. The van der Waals surface area contributed by atoms with Gasteiger partial charge in [-0.15, -0.1) is 0 Å². The van der Waals surface area contributed by atoms with Gasteiger partial charge in [-0.05, 0) is 32.9 Å². The maximum absolute atomic E-state index is 12.9. The highest BCUT2D eigenvalue weighted by Gasteiger charge is 2.35. The summed E-state index contributed by atoms with van der Waals surface area (Å²) >= 11 is 0. The molecule has 0 radical (unpaired) electrons. The number of piperazine rings is 1. The maximum Gasteiger partial charge on any atom is 0.255 e. The number of aromatic nitrogens is 3. The van der Waals surface area contributed by atoms with Crippen molar-refractivity contribution in [2.24, 2.45) is 0 Å². The summed E-state index contributed by atoms with van der Waals surface area (Å²) in [7, 11) is 2.00. The summed E-state index contributed by atoms with van der Waals surface area (Å²) in [4.78, 5) is 35.4. The number of likely N-dealkylation sites (N-methyl/N-ethyl adjacent to an activating group) is 1. The minimum atomic E-state index is -0.205. The molecule has 132 valence electrons. The van der Waals surface area contributed by atoms with Gasteiger partial charge < -0.3 is 14.4 Å². The highest BCUT2D eigenvalue weighted by molar-refractivity contribution is 5.95. The van der Waals surface area contributed by atoms with Crippen LogP contribution in [0, 0.1) is 6.92 Å². The summed E-state index contributed by atoms with van der Waals surface area (Å²) < 4.78 is 5.46. The van der Waals surface area contributed by atoms with Crippen LogP contribution in [0.1, 0.15) is 52.6 Å². The first kappa shape index (κ1) is 16.0. The van der Waals surface area contributed by atoms with E-state index in [0.29, 0.717) is 36.2 Å². The van der Waals surface area contributed by atoms with Crippen LogP contribution in [-0.2, 0) is 0 Å². The number of carbonyl (C=O) groups excluding carboxylic acids is 1. The first-order chi connectivity index (χ1) is 12.0. The Labute approximate surface area is 144 Å². The van der Waals surface area contributed by atoms with E-state index in [1.165, 1.54) is 6.07 Å². The zero-order chi connectivity index (χ0) is 17.6. The maximum atomic E-state index is 12.9. The molecule has 0 bridgehead atoms. The third kappa shape index (κ3) is 3.09. The van der Waals surface area contributed by atoms with Crippen LogP contribution in [0.5, 0.6) is 0 Å². The van der Waals surface area contributed by atoms with Crippen molar-refractivity contribution in [2.75, 3.05) is 26.7 Å². The Hall–Kier alpha value is -2.48. The average Bonchev–Trinajstić information content (AvgIpc) is 3.32. The van der Waals surface area contributed by atoms with Crippen LogP contribution in [-0.4, -0.2) is 57.5 Å². The fourth-order valence-electron chi connectivity index (χ4n) is 3.19. The van der Waals surface area contributed by atoms with E-state index in [1.807, 2.05) is 7.05 Å². The second-order valence-electron chi connectivity index (χ2n) is 6.87. The Morgan fingerprint density at radius 2 is 2.12 bits per heavy atom. The van der Waals surface area contributed by atoms with Gasteiger partial charge >= 0.3 is 0 Å². The lowest BCUT2D eigenvalue weighted by molar-refractivity contribution is 0.0488. The van der Waals surface area contributed by atoms with E-state index >= 15 is 0 Å². The van der Waals surface area contributed by atoms with Crippen LogP contribution in [0.15, 0.2) is 21.5 Å². The lowest BCUT2D eigenvalue weighted by Gasteiger charge is -2.37. The summed E-state index contributed by atoms with van der Waals surface area (Å²) in [5.41, 5.74) is 0.901. The van der Waals surface area contributed by atoms with E-state index in [-0.39, 0.29) is 17.5 Å². The second kappa shape index (κ2) is 6.11. The quantitative estimate of drug-likeness (QED) is 0.896. The molecule has 1 aliphatic carbocycles. The summed E-state index contributed by atoms with van der Waals surface area (Å²) in [5.74, 6) is 1.70. The molecule has 4 rings (SSSR count). The van der Waals surface area contributed by atoms with Crippen LogP contribution < -0.4 is 5.56 Å². The number of aromatic amines is 1. The van der Waals surface area contributed by atoms with E-state index < -0.39 is 0 Å². The number of amides is 1. The fraction of sp³-hybridized carbons (Fsp3) is 0.529. The van der Waals surface area contributed by atoms with E-state index in [0.717, 1.165) is 25.2 Å². The van der Waals surface area contributed by atoms with E-state index in [4.69, 9.17) is 4.52 Å². The zero-order valence-corrected chi connectivity index (χ0v) is 14.4. The third-order valence-corrected chi connectivity index (χ3v) is 4.97. The van der Waals surface area contributed by atoms with Crippen molar-refractivity contribution in [1.29, 1.82) is 0 Å². The molecule has 1 aliphatic heterocycles. The topological polar surface area (TPSA) is 95.3 Å². The predicted molar refractivity (Wildman–Crippen MR) is 89.3 cm³/mol. The Balaban J connectivity index is 1.54. The van der Waals surface area contributed by atoms with Gasteiger partial charge in [0.05, 0.1) is 5.56 Å². The molecule has 0 spiro atoms. The van der Waals surface area contributed by atoms with Gasteiger partial charge in [-0.3, -0.25) is 14.5 Å². The van der Waals surface area contributed by atoms with Gasteiger partial charge in [-0.1, -0.05) is 5.16 Å². The van der Waals surface area contributed by atoms with Crippen LogP contribution in [0.3, 0.4) is 0 Å². The monoisotopic (exact) mass is 343 g/mol. The molecule has 8 heteroatoms. The summed E-state index contributed by atoms with van der Waals surface area (Å²) in [6.07, 6.45) is 2.24. The SMILES string of the molecule is Cc1[nH]c(=O)ccc1C(=O)N1CCN(C)[C@H](c2nc(C3CC3)no2)C1. The molecule has 2 fully saturated rings. The Morgan fingerprint density at radius 1 is 1.32 bits per heavy atom. The van der Waals surface area contributed by atoms with Crippen molar-refractivity contribution in [1.82, 2.24) is 24.9 Å². The number of H-pyrrole nitrogens is 1. The lowest BCUT2D eigenvalue weighted by Crippen LogP contribution is -2.49. The molecule has 1 saturated carbocycles. The molecule has 0 aromatic carbocycles. The van der Waals surface area contributed by atoms with Crippen LogP contribution >= 0.6 is 0 Å². The van der Waals surface area contributed by atoms with Crippen LogP contribution in [0.2, 0.25) is 0 Å². The zero-order valence-electron chi connectivity index (χ0n) is 14.4. The number of aryl methyl sites for hydroxylation is 1. The molecule has 3 heterocycles. The molecule has 8 nitrogen and oxygen atoms in total. The highest BCUT2D eigenvalue weighted by Crippen LogP contribution is 2.38. The molecule has 1 atom stereocenters. The molecule has 2 aliphatic rings. The number of hydrogen-bond acceptors (Lipinski definition) is 6. The van der Waals surface area contributed by atoms with Crippen LogP contribution in [0.25, 0.3) is 0 Å². The van der Waals surface area contributed by atoms with Crippen molar-refractivity contribution in [3.05, 3.63) is 45.5 Å². The average molecular weight is 343 g/mol. The second-order valence-corrected chi connectivity index (χ2v) is 6.87. The number of nitrogens with one attached hydrogen (secondary N) is 1. The first-order valence-corrected chi connectivity index (χ1v) is 8.56. The molecule has 25 heavy (non-hydrogen) atoms. The minimum absolute atomic E-state index is 0.0891.